The number of carbonyl (C=O) groups is 1. The van der Waals surface area contributed by atoms with Crippen LogP contribution in [-0.2, 0) is 4.79 Å². The van der Waals surface area contributed by atoms with Crippen molar-refractivity contribution in [3.63, 3.8) is 0 Å². The molecule has 5 nitrogen and oxygen atoms in total. The van der Waals surface area contributed by atoms with Gasteiger partial charge in [-0.1, -0.05) is 0 Å². The lowest BCUT2D eigenvalue weighted by Gasteiger charge is -2.23. The largest absolute Gasteiger partial charge is 0.497 e. The number of fused-ring (bicyclic) bond motifs is 1. The number of anilines is 1. The van der Waals surface area contributed by atoms with Gasteiger partial charge in [-0.05, 0) is 12.1 Å². The minimum atomic E-state index is -0.609. The van der Waals surface area contributed by atoms with E-state index in [0.717, 1.165) is 6.61 Å². The summed E-state index contributed by atoms with van der Waals surface area (Å²) < 4.78 is 9.96. The van der Waals surface area contributed by atoms with Crippen LogP contribution in [0.2, 0.25) is 0 Å². The van der Waals surface area contributed by atoms with Crippen molar-refractivity contribution in [3.05, 3.63) is 24.8 Å². The summed E-state index contributed by atoms with van der Waals surface area (Å²) >= 11 is 0. The number of hydrogen-bond donors (Lipinski definition) is 1. The van der Waals surface area contributed by atoms with E-state index in [9.17, 15) is 10.0 Å². The molecule has 0 aromatic heterocycles. The molecule has 1 amide bonds. The van der Waals surface area contributed by atoms with Crippen molar-refractivity contribution in [1.29, 1.82) is 0 Å². The smallest absolute Gasteiger partial charge is 0.296 e. The van der Waals surface area contributed by atoms with Crippen LogP contribution in [-0.4, -0.2) is 18.2 Å². The van der Waals surface area contributed by atoms with Crippen LogP contribution in [0.5, 0.6) is 11.5 Å². The van der Waals surface area contributed by atoms with Gasteiger partial charge in [0.25, 0.3) is 5.91 Å². The molecular formula is C9H8NO4. The zero-order valence-electron chi connectivity index (χ0n) is 7.43. The Labute approximate surface area is 80.4 Å². The number of rotatable bonds is 1. The Morgan fingerprint density at radius 3 is 3.00 bits per heavy atom. The second-order valence-corrected chi connectivity index (χ2v) is 2.72. The van der Waals surface area contributed by atoms with E-state index in [1.807, 2.05) is 0 Å². The molecule has 0 atom stereocenters. The Morgan fingerprint density at radius 2 is 2.29 bits per heavy atom. The van der Waals surface area contributed by atoms with E-state index in [0.29, 0.717) is 22.2 Å². The molecule has 0 fully saturated rings. The molecule has 1 radical (unpaired) electrons. The Kier molecular flexibility index (Phi) is 2.01. The van der Waals surface area contributed by atoms with Crippen molar-refractivity contribution in [2.24, 2.45) is 0 Å². The Balaban J connectivity index is 2.43. The van der Waals surface area contributed by atoms with Gasteiger partial charge in [-0.3, -0.25) is 10.0 Å². The van der Waals surface area contributed by atoms with Crippen molar-refractivity contribution in [2.45, 2.75) is 0 Å². The molecule has 5 heteroatoms. The summed E-state index contributed by atoms with van der Waals surface area (Å²) in [4.78, 5) is 11.0. The topological polar surface area (TPSA) is 59.0 Å². The standard InChI is InChI=1S/C9H8NO4/c1-13-6-2-3-7-8(4-6)14-5-9(11)10(7)12/h2-5,12H,1H3. The van der Waals surface area contributed by atoms with Crippen LogP contribution in [0.1, 0.15) is 0 Å². The highest BCUT2D eigenvalue weighted by atomic mass is 16.5. The van der Waals surface area contributed by atoms with Gasteiger partial charge >= 0.3 is 0 Å². The van der Waals surface area contributed by atoms with Crippen LogP contribution in [0.25, 0.3) is 0 Å². The van der Waals surface area contributed by atoms with Crippen LogP contribution in [0.3, 0.4) is 0 Å². The molecule has 14 heavy (non-hydrogen) atoms. The molecule has 0 aliphatic carbocycles. The number of benzene rings is 1. The normalized spacial score (nSPS) is 14.7. The molecule has 0 bridgehead atoms. The van der Waals surface area contributed by atoms with Gasteiger partial charge in [-0.15, -0.1) is 0 Å². The zero-order valence-corrected chi connectivity index (χ0v) is 7.43. The van der Waals surface area contributed by atoms with Crippen LogP contribution in [0.15, 0.2) is 18.2 Å². The Bertz CT molecular complexity index is 377. The molecule has 73 valence electrons. The first kappa shape index (κ1) is 8.83. The fourth-order valence-electron chi connectivity index (χ4n) is 1.17. The number of methoxy groups -OCH3 is 1. The van der Waals surface area contributed by atoms with Gasteiger partial charge in [-0.25, -0.2) is 0 Å². The van der Waals surface area contributed by atoms with Gasteiger partial charge in [0.1, 0.15) is 11.4 Å². The van der Waals surface area contributed by atoms with Crippen LogP contribution >= 0.6 is 0 Å². The molecule has 0 spiro atoms. The predicted octanol–water partition coefficient (Wildman–Crippen LogP) is 0.972. The maximum atomic E-state index is 11.0. The third-order valence-corrected chi connectivity index (χ3v) is 1.89. The highest BCUT2D eigenvalue weighted by Crippen LogP contribution is 2.34. The average Bonchev–Trinajstić information content (AvgIpc) is 2.23. The summed E-state index contributed by atoms with van der Waals surface area (Å²) in [6.45, 7) is 0.932. The van der Waals surface area contributed by atoms with Crippen molar-refractivity contribution in [3.8, 4) is 11.5 Å². The molecule has 1 aliphatic rings. The molecule has 2 rings (SSSR count). The fraction of sp³-hybridized carbons (Fsp3) is 0.111. The third kappa shape index (κ3) is 1.27. The van der Waals surface area contributed by atoms with Crippen molar-refractivity contribution in [2.75, 3.05) is 12.2 Å². The van der Waals surface area contributed by atoms with Crippen molar-refractivity contribution in [1.82, 2.24) is 0 Å². The highest BCUT2D eigenvalue weighted by Gasteiger charge is 2.25. The number of carbonyl (C=O) groups excluding carboxylic acids is 1. The lowest BCUT2D eigenvalue weighted by Crippen LogP contribution is -2.32. The van der Waals surface area contributed by atoms with E-state index in [2.05, 4.69) is 0 Å². The fourth-order valence-corrected chi connectivity index (χ4v) is 1.17. The van der Waals surface area contributed by atoms with E-state index < -0.39 is 5.91 Å². The first-order chi connectivity index (χ1) is 6.72. The Morgan fingerprint density at radius 1 is 1.50 bits per heavy atom. The number of hydrogen-bond acceptors (Lipinski definition) is 4. The maximum absolute atomic E-state index is 11.0. The van der Waals surface area contributed by atoms with Crippen LogP contribution in [0, 0.1) is 6.61 Å². The van der Waals surface area contributed by atoms with Gasteiger partial charge in [0.05, 0.1) is 7.11 Å². The summed E-state index contributed by atoms with van der Waals surface area (Å²) in [6, 6.07) is 4.75. The SMILES string of the molecule is COc1ccc2c(c1)O[CH]C(=O)N2O. The molecule has 1 aromatic rings. The number of amides is 1. The van der Waals surface area contributed by atoms with Gasteiger partial charge in [0, 0.05) is 6.07 Å². The number of ether oxygens (including phenoxy) is 2. The second kappa shape index (κ2) is 3.19. The van der Waals surface area contributed by atoms with Crippen molar-refractivity contribution < 1.29 is 19.5 Å². The molecular weight excluding hydrogens is 186 g/mol. The van der Waals surface area contributed by atoms with E-state index >= 15 is 0 Å². The summed E-state index contributed by atoms with van der Waals surface area (Å²) in [5.41, 5.74) is 0.304. The van der Waals surface area contributed by atoms with E-state index in [-0.39, 0.29) is 0 Å². The lowest BCUT2D eigenvalue weighted by atomic mass is 10.2. The monoisotopic (exact) mass is 194 g/mol. The molecule has 1 aliphatic heterocycles. The lowest BCUT2D eigenvalue weighted by molar-refractivity contribution is -0.123. The van der Waals surface area contributed by atoms with Gasteiger partial charge in [0.15, 0.2) is 5.75 Å². The average molecular weight is 194 g/mol. The summed E-state index contributed by atoms with van der Waals surface area (Å²) in [7, 11) is 1.52. The van der Waals surface area contributed by atoms with E-state index in [1.54, 1.807) is 18.2 Å². The number of hydroxylamine groups is 1. The third-order valence-electron chi connectivity index (χ3n) is 1.89. The maximum Gasteiger partial charge on any atom is 0.296 e. The molecule has 1 N–H and O–H groups in total. The first-order valence-electron chi connectivity index (χ1n) is 3.93. The highest BCUT2D eigenvalue weighted by molar-refractivity contribution is 5.99. The molecule has 0 saturated heterocycles. The molecule has 0 saturated carbocycles. The second-order valence-electron chi connectivity index (χ2n) is 2.72. The summed E-state index contributed by atoms with van der Waals surface area (Å²) in [6.07, 6.45) is 0. The Hall–Kier alpha value is -1.75. The number of nitrogens with zero attached hydrogens (tertiary/aromatic N) is 1. The van der Waals surface area contributed by atoms with Crippen LogP contribution in [0.4, 0.5) is 5.69 Å². The molecule has 1 heterocycles. The van der Waals surface area contributed by atoms with Crippen molar-refractivity contribution >= 4 is 11.6 Å². The summed E-state index contributed by atoms with van der Waals surface area (Å²) in [5, 5.41) is 9.85. The van der Waals surface area contributed by atoms with E-state index in [4.69, 9.17) is 9.47 Å². The first-order valence-corrected chi connectivity index (χ1v) is 3.93. The molecule has 1 aromatic carbocycles. The quantitative estimate of drug-likeness (QED) is 0.677. The predicted molar refractivity (Wildman–Crippen MR) is 47.2 cm³/mol. The van der Waals surface area contributed by atoms with Gasteiger partial charge in [-0.2, -0.15) is 5.06 Å². The van der Waals surface area contributed by atoms with Gasteiger partial charge in [0.2, 0.25) is 6.61 Å². The molecule has 0 unspecified atom stereocenters. The van der Waals surface area contributed by atoms with E-state index in [1.165, 1.54) is 7.11 Å². The summed E-state index contributed by atoms with van der Waals surface area (Å²) in [5.74, 6) is 0.369. The zero-order chi connectivity index (χ0) is 10.1. The van der Waals surface area contributed by atoms with Gasteiger partial charge < -0.3 is 9.47 Å². The minimum absolute atomic E-state index is 0.304. The van der Waals surface area contributed by atoms with Crippen LogP contribution < -0.4 is 14.5 Å². The minimum Gasteiger partial charge on any atom is -0.497 e.